The van der Waals surface area contributed by atoms with Gasteiger partial charge in [-0.2, -0.15) is 11.8 Å². The van der Waals surface area contributed by atoms with Gasteiger partial charge in [-0.1, -0.05) is 6.92 Å². The monoisotopic (exact) mass is 313 g/mol. The van der Waals surface area contributed by atoms with Crippen molar-refractivity contribution in [3.8, 4) is 0 Å². The third-order valence-electron chi connectivity index (χ3n) is 5.83. The summed E-state index contributed by atoms with van der Waals surface area (Å²) in [5, 5.41) is 0. The minimum absolute atomic E-state index is 0.0425. The highest BCUT2D eigenvalue weighted by molar-refractivity contribution is 7.99. The minimum atomic E-state index is -0.0425. The predicted molar refractivity (Wildman–Crippen MR) is 88.8 cm³/mol. The van der Waals surface area contributed by atoms with Crippen LogP contribution in [-0.4, -0.2) is 42.0 Å². The number of rotatable bonds is 3. The Kier molecular flexibility index (Phi) is 5.19. The lowest BCUT2D eigenvalue weighted by Crippen LogP contribution is -2.51. The minimum Gasteiger partial charge on any atom is -0.375 e. The van der Waals surface area contributed by atoms with Crippen molar-refractivity contribution in [2.24, 2.45) is 11.7 Å². The molecule has 3 rings (SSSR count). The molecule has 0 bridgehead atoms. The van der Waals surface area contributed by atoms with Crippen molar-refractivity contribution in [1.82, 2.24) is 0 Å². The van der Waals surface area contributed by atoms with Gasteiger partial charge in [0.25, 0.3) is 0 Å². The molecule has 4 heteroatoms. The molecule has 1 aliphatic carbocycles. The van der Waals surface area contributed by atoms with E-state index < -0.39 is 0 Å². The zero-order valence-corrected chi connectivity index (χ0v) is 14.3. The zero-order chi connectivity index (χ0) is 14.8. The molecule has 3 fully saturated rings. The van der Waals surface area contributed by atoms with Crippen LogP contribution in [0.5, 0.6) is 0 Å². The van der Waals surface area contributed by atoms with Gasteiger partial charge in [-0.15, -0.1) is 0 Å². The fourth-order valence-corrected chi connectivity index (χ4v) is 5.42. The molecule has 1 atom stereocenters. The highest BCUT2D eigenvalue weighted by Crippen LogP contribution is 2.41. The average molecular weight is 314 g/mol. The third kappa shape index (κ3) is 3.77. The van der Waals surface area contributed by atoms with E-state index in [9.17, 15) is 0 Å². The van der Waals surface area contributed by atoms with Gasteiger partial charge in [0, 0.05) is 19.6 Å². The Morgan fingerprint density at radius 2 is 1.86 bits per heavy atom. The summed E-state index contributed by atoms with van der Waals surface area (Å²) in [4.78, 5) is 0. The summed E-state index contributed by atoms with van der Waals surface area (Å²) in [5.74, 6) is 3.32. The highest BCUT2D eigenvalue weighted by atomic mass is 32.2. The van der Waals surface area contributed by atoms with E-state index in [0.717, 1.165) is 38.2 Å². The molecule has 2 aliphatic heterocycles. The van der Waals surface area contributed by atoms with Gasteiger partial charge in [0.05, 0.1) is 17.3 Å². The SMILES string of the molecule is CC1CCC(CN)(OC2CCOC3(CCSCC3)C2)CC1. The van der Waals surface area contributed by atoms with Gasteiger partial charge in [0.15, 0.2) is 0 Å². The summed E-state index contributed by atoms with van der Waals surface area (Å²) in [6.45, 7) is 3.90. The first kappa shape index (κ1) is 16.1. The van der Waals surface area contributed by atoms with E-state index in [1.807, 2.05) is 0 Å². The zero-order valence-electron chi connectivity index (χ0n) is 13.4. The van der Waals surface area contributed by atoms with Gasteiger partial charge in [-0.25, -0.2) is 0 Å². The normalized spacial score (nSPS) is 40.3. The van der Waals surface area contributed by atoms with Crippen molar-refractivity contribution >= 4 is 11.8 Å². The maximum absolute atomic E-state index is 6.63. The maximum Gasteiger partial charge on any atom is 0.0808 e. The Labute approximate surface area is 133 Å². The van der Waals surface area contributed by atoms with E-state index >= 15 is 0 Å². The quantitative estimate of drug-likeness (QED) is 0.868. The molecule has 1 spiro atoms. The second kappa shape index (κ2) is 6.77. The second-order valence-corrected chi connectivity index (χ2v) is 8.67. The first-order valence-corrected chi connectivity index (χ1v) is 9.90. The van der Waals surface area contributed by atoms with Gasteiger partial charge in [0.1, 0.15) is 0 Å². The van der Waals surface area contributed by atoms with Gasteiger partial charge in [0.2, 0.25) is 0 Å². The Morgan fingerprint density at radius 3 is 2.52 bits per heavy atom. The summed E-state index contributed by atoms with van der Waals surface area (Å²) in [6, 6.07) is 0. The van der Waals surface area contributed by atoms with Crippen LogP contribution in [0.3, 0.4) is 0 Å². The van der Waals surface area contributed by atoms with Crippen molar-refractivity contribution in [3.63, 3.8) is 0 Å². The van der Waals surface area contributed by atoms with Crippen LogP contribution in [0.15, 0.2) is 0 Å². The molecule has 2 saturated heterocycles. The molecule has 122 valence electrons. The van der Waals surface area contributed by atoms with Crippen LogP contribution in [0.2, 0.25) is 0 Å². The summed E-state index contributed by atoms with van der Waals surface area (Å²) in [6.07, 6.45) is 9.71. The van der Waals surface area contributed by atoms with Crippen molar-refractivity contribution in [1.29, 1.82) is 0 Å². The van der Waals surface area contributed by atoms with Crippen LogP contribution >= 0.6 is 11.8 Å². The first-order chi connectivity index (χ1) is 10.2. The predicted octanol–water partition coefficient (Wildman–Crippen LogP) is 3.36. The summed E-state index contributed by atoms with van der Waals surface area (Å²) in [5.41, 5.74) is 6.19. The number of hydrogen-bond donors (Lipinski definition) is 1. The van der Waals surface area contributed by atoms with Gasteiger partial charge < -0.3 is 15.2 Å². The lowest BCUT2D eigenvalue weighted by molar-refractivity contribution is -0.184. The average Bonchev–Trinajstić information content (AvgIpc) is 2.51. The molecular weight excluding hydrogens is 282 g/mol. The lowest BCUT2D eigenvalue weighted by atomic mass is 9.78. The van der Waals surface area contributed by atoms with Gasteiger partial charge in [-0.05, 0) is 62.4 Å². The van der Waals surface area contributed by atoms with Crippen molar-refractivity contribution in [3.05, 3.63) is 0 Å². The van der Waals surface area contributed by atoms with E-state index in [-0.39, 0.29) is 11.2 Å². The molecule has 0 aromatic heterocycles. The molecule has 0 aromatic rings. The molecule has 2 N–H and O–H groups in total. The van der Waals surface area contributed by atoms with Crippen molar-refractivity contribution < 1.29 is 9.47 Å². The highest BCUT2D eigenvalue weighted by Gasteiger charge is 2.43. The number of ether oxygens (including phenoxy) is 2. The third-order valence-corrected chi connectivity index (χ3v) is 6.81. The Morgan fingerprint density at radius 1 is 1.14 bits per heavy atom. The Balaban J connectivity index is 1.60. The topological polar surface area (TPSA) is 44.5 Å². The second-order valence-electron chi connectivity index (χ2n) is 7.45. The Bertz CT molecular complexity index is 330. The molecule has 3 nitrogen and oxygen atoms in total. The molecular formula is C17H31NO2S. The maximum atomic E-state index is 6.63. The lowest BCUT2D eigenvalue weighted by Gasteiger charge is -2.47. The van der Waals surface area contributed by atoms with Crippen LogP contribution < -0.4 is 5.73 Å². The Hall–Kier alpha value is 0.230. The smallest absolute Gasteiger partial charge is 0.0808 e. The standard InChI is InChI=1S/C17H31NO2S/c1-14-2-5-17(13-18,6-3-14)20-15-4-9-19-16(12-15)7-10-21-11-8-16/h14-15H,2-13,18H2,1H3. The fraction of sp³-hybridized carbons (Fsp3) is 1.00. The molecule has 0 radical (unpaired) electrons. The number of thioether (sulfide) groups is 1. The van der Waals surface area contributed by atoms with Crippen LogP contribution in [0.4, 0.5) is 0 Å². The van der Waals surface area contributed by atoms with Crippen LogP contribution in [0.25, 0.3) is 0 Å². The van der Waals surface area contributed by atoms with E-state index in [4.69, 9.17) is 15.2 Å². The van der Waals surface area contributed by atoms with Crippen LogP contribution in [-0.2, 0) is 9.47 Å². The molecule has 1 unspecified atom stereocenters. The molecule has 0 amide bonds. The molecule has 3 aliphatic rings. The summed E-state index contributed by atoms with van der Waals surface area (Å²) < 4.78 is 12.8. The van der Waals surface area contributed by atoms with Gasteiger partial charge in [-0.3, -0.25) is 0 Å². The first-order valence-electron chi connectivity index (χ1n) is 8.75. The van der Waals surface area contributed by atoms with Crippen molar-refractivity contribution in [2.45, 2.75) is 75.6 Å². The number of hydrogen-bond acceptors (Lipinski definition) is 4. The fourth-order valence-electron chi connectivity index (χ4n) is 4.19. The molecule has 2 heterocycles. The van der Waals surface area contributed by atoms with E-state index in [2.05, 4.69) is 18.7 Å². The number of nitrogens with two attached hydrogens (primary N) is 1. The van der Waals surface area contributed by atoms with Gasteiger partial charge >= 0.3 is 0 Å². The van der Waals surface area contributed by atoms with Crippen LogP contribution in [0, 0.1) is 5.92 Å². The molecule has 0 aromatic carbocycles. The van der Waals surface area contributed by atoms with Crippen LogP contribution in [0.1, 0.15) is 58.3 Å². The van der Waals surface area contributed by atoms with E-state index in [1.54, 1.807) is 0 Å². The molecule has 1 saturated carbocycles. The van der Waals surface area contributed by atoms with E-state index in [1.165, 1.54) is 37.2 Å². The summed E-state index contributed by atoms with van der Waals surface area (Å²) >= 11 is 2.06. The van der Waals surface area contributed by atoms with Crippen molar-refractivity contribution in [2.75, 3.05) is 24.7 Å². The largest absolute Gasteiger partial charge is 0.375 e. The summed E-state index contributed by atoms with van der Waals surface area (Å²) in [7, 11) is 0. The molecule has 21 heavy (non-hydrogen) atoms. The van der Waals surface area contributed by atoms with E-state index in [0.29, 0.717) is 12.6 Å².